The Morgan fingerprint density at radius 1 is 1.15 bits per heavy atom. The minimum Gasteiger partial charge on any atom is -0.396 e. The van der Waals surface area contributed by atoms with E-state index >= 15 is 0 Å². The van der Waals surface area contributed by atoms with Gasteiger partial charge in [0.1, 0.15) is 0 Å². The van der Waals surface area contributed by atoms with Gasteiger partial charge in [-0.25, -0.2) is 8.78 Å². The monoisotopic (exact) mass is 186 g/mol. The highest BCUT2D eigenvalue weighted by Gasteiger charge is 2.07. The maximum absolute atomic E-state index is 12.1. The van der Waals surface area contributed by atoms with Crippen molar-refractivity contribution in [3.05, 3.63) is 35.4 Å². The van der Waals surface area contributed by atoms with E-state index in [4.69, 9.17) is 5.11 Å². The first-order chi connectivity index (χ1) is 6.24. The van der Waals surface area contributed by atoms with Crippen LogP contribution in [-0.2, 0) is 12.8 Å². The van der Waals surface area contributed by atoms with Gasteiger partial charge < -0.3 is 5.11 Å². The first-order valence-electron chi connectivity index (χ1n) is 4.20. The van der Waals surface area contributed by atoms with Crippen LogP contribution in [0.5, 0.6) is 0 Å². The molecular weight excluding hydrogens is 174 g/mol. The Bertz CT molecular complexity index is 261. The summed E-state index contributed by atoms with van der Waals surface area (Å²) in [7, 11) is 0. The minimum atomic E-state index is -2.32. The molecule has 0 saturated heterocycles. The standard InChI is InChI=1S/C10H12F2O/c11-10(12)7-9-4-2-1-3-8(9)5-6-13/h1-4,10,13H,5-7H2. The Kier molecular flexibility index (Phi) is 3.83. The van der Waals surface area contributed by atoms with Crippen LogP contribution in [0.1, 0.15) is 11.1 Å². The van der Waals surface area contributed by atoms with Crippen molar-refractivity contribution in [1.29, 1.82) is 0 Å². The summed E-state index contributed by atoms with van der Waals surface area (Å²) in [5, 5.41) is 8.69. The molecule has 1 aromatic rings. The van der Waals surface area contributed by atoms with Crippen molar-refractivity contribution in [2.75, 3.05) is 6.61 Å². The van der Waals surface area contributed by atoms with Crippen LogP contribution in [0.15, 0.2) is 24.3 Å². The Labute approximate surface area is 76.0 Å². The van der Waals surface area contributed by atoms with Crippen LogP contribution in [0.25, 0.3) is 0 Å². The molecule has 0 aromatic heterocycles. The molecule has 0 amide bonds. The van der Waals surface area contributed by atoms with Gasteiger partial charge in [-0.1, -0.05) is 24.3 Å². The molecule has 0 bridgehead atoms. The van der Waals surface area contributed by atoms with Crippen molar-refractivity contribution in [2.24, 2.45) is 0 Å². The maximum atomic E-state index is 12.1. The zero-order chi connectivity index (χ0) is 9.68. The van der Waals surface area contributed by atoms with E-state index in [1.165, 1.54) is 0 Å². The third kappa shape index (κ3) is 3.11. The lowest BCUT2D eigenvalue weighted by molar-refractivity contribution is 0.148. The van der Waals surface area contributed by atoms with Gasteiger partial charge in [0.05, 0.1) is 0 Å². The van der Waals surface area contributed by atoms with E-state index < -0.39 is 6.43 Å². The molecule has 0 atom stereocenters. The number of alkyl halides is 2. The lowest BCUT2D eigenvalue weighted by Gasteiger charge is -2.06. The van der Waals surface area contributed by atoms with Crippen LogP contribution in [0.2, 0.25) is 0 Å². The maximum Gasteiger partial charge on any atom is 0.242 e. The molecule has 0 spiro atoms. The van der Waals surface area contributed by atoms with E-state index in [1.54, 1.807) is 24.3 Å². The van der Waals surface area contributed by atoms with Gasteiger partial charge in [0.25, 0.3) is 0 Å². The van der Waals surface area contributed by atoms with Crippen LogP contribution in [0.3, 0.4) is 0 Å². The van der Waals surface area contributed by atoms with Gasteiger partial charge in [0, 0.05) is 13.0 Å². The lowest BCUT2D eigenvalue weighted by Crippen LogP contribution is -2.02. The highest BCUT2D eigenvalue weighted by Crippen LogP contribution is 2.13. The fourth-order valence-corrected chi connectivity index (χ4v) is 1.29. The first kappa shape index (κ1) is 10.1. The third-order valence-corrected chi connectivity index (χ3v) is 1.87. The topological polar surface area (TPSA) is 20.2 Å². The highest BCUT2D eigenvalue weighted by atomic mass is 19.3. The van der Waals surface area contributed by atoms with Crippen molar-refractivity contribution in [2.45, 2.75) is 19.3 Å². The molecule has 0 unspecified atom stereocenters. The van der Waals surface area contributed by atoms with Gasteiger partial charge in [0.2, 0.25) is 6.43 Å². The largest absolute Gasteiger partial charge is 0.396 e. The van der Waals surface area contributed by atoms with E-state index in [-0.39, 0.29) is 13.0 Å². The second-order valence-corrected chi connectivity index (χ2v) is 2.84. The number of aliphatic hydroxyl groups is 1. The lowest BCUT2D eigenvalue weighted by atomic mass is 10.0. The molecule has 0 aliphatic heterocycles. The SMILES string of the molecule is OCCc1ccccc1CC(F)F. The van der Waals surface area contributed by atoms with Gasteiger partial charge >= 0.3 is 0 Å². The summed E-state index contributed by atoms with van der Waals surface area (Å²) in [6.07, 6.45) is -2.10. The molecule has 0 aliphatic rings. The van der Waals surface area contributed by atoms with E-state index in [0.29, 0.717) is 12.0 Å². The molecule has 0 saturated carbocycles. The molecule has 1 rings (SSSR count). The smallest absolute Gasteiger partial charge is 0.242 e. The summed E-state index contributed by atoms with van der Waals surface area (Å²) in [4.78, 5) is 0. The molecule has 1 aromatic carbocycles. The molecule has 0 heterocycles. The Hall–Kier alpha value is -0.960. The second-order valence-electron chi connectivity index (χ2n) is 2.84. The molecule has 0 aliphatic carbocycles. The fraction of sp³-hybridized carbons (Fsp3) is 0.400. The normalized spacial score (nSPS) is 10.8. The van der Waals surface area contributed by atoms with Gasteiger partial charge in [0.15, 0.2) is 0 Å². The van der Waals surface area contributed by atoms with E-state index in [0.717, 1.165) is 5.56 Å². The number of aliphatic hydroxyl groups excluding tert-OH is 1. The van der Waals surface area contributed by atoms with Crippen molar-refractivity contribution in [3.63, 3.8) is 0 Å². The summed E-state index contributed by atoms with van der Waals surface area (Å²) in [5.74, 6) is 0. The summed E-state index contributed by atoms with van der Waals surface area (Å²) < 4.78 is 24.2. The molecule has 1 N–H and O–H groups in total. The molecule has 72 valence electrons. The summed E-state index contributed by atoms with van der Waals surface area (Å²) >= 11 is 0. The zero-order valence-corrected chi connectivity index (χ0v) is 7.21. The van der Waals surface area contributed by atoms with E-state index in [9.17, 15) is 8.78 Å². The van der Waals surface area contributed by atoms with E-state index in [1.807, 2.05) is 0 Å². The predicted molar refractivity (Wildman–Crippen MR) is 46.9 cm³/mol. The molecule has 0 radical (unpaired) electrons. The summed E-state index contributed by atoms with van der Waals surface area (Å²) in [5.41, 5.74) is 1.44. The van der Waals surface area contributed by atoms with Gasteiger partial charge in [-0.15, -0.1) is 0 Å². The average Bonchev–Trinajstić information content (AvgIpc) is 2.08. The number of halogens is 2. The Morgan fingerprint density at radius 2 is 1.77 bits per heavy atom. The molecule has 0 fully saturated rings. The Morgan fingerprint density at radius 3 is 2.31 bits per heavy atom. The van der Waals surface area contributed by atoms with Crippen LogP contribution in [0.4, 0.5) is 8.78 Å². The van der Waals surface area contributed by atoms with E-state index in [2.05, 4.69) is 0 Å². The van der Waals surface area contributed by atoms with Crippen molar-refractivity contribution in [3.8, 4) is 0 Å². The highest BCUT2D eigenvalue weighted by molar-refractivity contribution is 5.27. The minimum absolute atomic E-state index is 0.000249. The molecule has 3 heteroatoms. The van der Waals surface area contributed by atoms with Crippen molar-refractivity contribution < 1.29 is 13.9 Å². The number of benzene rings is 1. The quantitative estimate of drug-likeness (QED) is 0.762. The molecular formula is C10H12F2O. The number of rotatable bonds is 4. The Balaban J connectivity index is 2.78. The second kappa shape index (κ2) is 4.92. The molecule has 1 nitrogen and oxygen atoms in total. The fourth-order valence-electron chi connectivity index (χ4n) is 1.29. The molecule has 13 heavy (non-hydrogen) atoms. The van der Waals surface area contributed by atoms with Crippen molar-refractivity contribution in [1.82, 2.24) is 0 Å². The van der Waals surface area contributed by atoms with Gasteiger partial charge in [-0.2, -0.15) is 0 Å². The van der Waals surface area contributed by atoms with Crippen molar-refractivity contribution >= 4 is 0 Å². The van der Waals surface area contributed by atoms with Crippen LogP contribution >= 0.6 is 0 Å². The van der Waals surface area contributed by atoms with Gasteiger partial charge in [-0.3, -0.25) is 0 Å². The van der Waals surface area contributed by atoms with Crippen LogP contribution in [0, 0.1) is 0 Å². The third-order valence-electron chi connectivity index (χ3n) is 1.87. The number of hydrogen-bond donors (Lipinski definition) is 1. The van der Waals surface area contributed by atoms with Gasteiger partial charge in [-0.05, 0) is 17.5 Å². The predicted octanol–water partition coefficient (Wildman–Crippen LogP) is 2.03. The summed E-state index contributed by atoms with van der Waals surface area (Å²) in [6.45, 7) is 0.000249. The number of hydrogen-bond acceptors (Lipinski definition) is 1. The van der Waals surface area contributed by atoms with Crippen LogP contribution in [-0.4, -0.2) is 18.1 Å². The first-order valence-corrected chi connectivity index (χ1v) is 4.20. The summed E-state index contributed by atoms with van der Waals surface area (Å²) in [6, 6.07) is 6.98. The average molecular weight is 186 g/mol. The van der Waals surface area contributed by atoms with Crippen LogP contribution < -0.4 is 0 Å². The zero-order valence-electron chi connectivity index (χ0n) is 7.21.